The van der Waals surface area contributed by atoms with Crippen molar-refractivity contribution in [2.45, 2.75) is 6.92 Å². The molecular weight excluding hydrogens is 418 g/mol. The lowest BCUT2D eigenvalue weighted by Gasteiger charge is -2.15. The molecule has 0 fully saturated rings. The second kappa shape index (κ2) is 8.08. The molecule has 0 aliphatic carbocycles. The van der Waals surface area contributed by atoms with Crippen molar-refractivity contribution in [1.29, 1.82) is 0 Å². The molecule has 1 aliphatic rings. The van der Waals surface area contributed by atoms with Gasteiger partial charge in [0, 0.05) is 40.8 Å². The first-order chi connectivity index (χ1) is 16.0. The van der Waals surface area contributed by atoms with Crippen LogP contribution >= 0.6 is 0 Å². The van der Waals surface area contributed by atoms with E-state index in [2.05, 4.69) is 20.6 Å². The van der Waals surface area contributed by atoms with Crippen LogP contribution in [0.2, 0.25) is 0 Å². The van der Waals surface area contributed by atoms with Crippen molar-refractivity contribution in [2.75, 3.05) is 10.6 Å². The maximum atomic E-state index is 13.0. The van der Waals surface area contributed by atoms with Crippen LogP contribution in [-0.4, -0.2) is 20.8 Å². The van der Waals surface area contributed by atoms with Gasteiger partial charge in [0.05, 0.1) is 28.2 Å². The highest BCUT2D eigenvalue weighted by Gasteiger charge is 2.30. The molecule has 0 saturated carbocycles. The van der Waals surface area contributed by atoms with Gasteiger partial charge in [-0.3, -0.25) is 14.9 Å². The van der Waals surface area contributed by atoms with E-state index in [1.54, 1.807) is 12.4 Å². The fourth-order valence-corrected chi connectivity index (χ4v) is 3.80. The van der Waals surface area contributed by atoms with Gasteiger partial charge >= 0.3 is 0 Å². The lowest BCUT2D eigenvalue weighted by molar-refractivity contribution is -0.384. The van der Waals surface area contributed by atoms with E-state index in [-0.39, 0.29) is 11.6 Å². The highest BCUT2D eigenvalue weighted by atomic mass is 16.6. The molecule has 1 amide bonds. The highest BCUT2D eigenvalue weighted by Crippen LogP contribution is 2.39. The van der Waals surface area contributed by atoms with E-state index >= 15 is 0 Å². The third-order valence-electron chi connectivity index (χ3n) is 5.50. The Morgan fingerprint density at radius 2 is 1.79 bits per heavy atom. The van der Waals surface area contributed by atoms with Crippen LogP contribution in [0, 0.1) is 17.0 Å². The number of anilines is 2. The number of nitrogens with one attached hydrogen (secondary N) is 3. The summed E-state index contributed by atoms with van der Waals surface area (Å²) in [4.78, 5) is 31.1. The number of amides is 1. The molecule has 3 aromatic carbocycles. The van der Waals surface area contributed by atoms with Gasteiger partial charge in [0.2, 0.25) is 0 Å². The molecular formula is C25H19N5O3. The maximum Gasteiger partial charge on any atom is 0.270 e. The summed E-state index contributed by atoms with van der Waals surface area (Å²) in [6.45, 7) is 1.98. The van der Waals surface area contributed by atoms with Gasteiger partial charge < -0.3 is 15.6 Å². The van der Waals surface area contributed by atoms with Crippen molar-refractivity contribution in [3.8, 4) is 11.3 Å². The summed E-state index contributed by atoms with van der Waals surface area (Å²) in [6, 6.07) is 19.8. The minimum Gasteiger partial charge on any atom is -0.354 e. The van der Waals surface area contributed by atoms with Crippen LogP contribution < -0.4 is 10.6 Å². The summed E-state index contributed by atoms with van der Waals surface area (Å²) < 4.78 is 0. The number of aromatic nitrogens is 2. The molecule has 1 aromatic heterocycles. The molecule has 0 bridgehead atoms. The number of aryl methyl sites for hydroxylation is 1. The molecule has 0 unspecified atom stereocenters. The molecule has 0 radical (unpaired) electrons. The summed E-state index contributed by atoms with van der Waals surface area (Å²) in [7, 11) is 0. The first-order valence-corrected chi connectivity index (χ1v) is 10.3. The third kappa shape index (κ3) is 3.85. The van der Waals surface area contributed by atoms with Crippen molar-refractivity contribution in [3.05, 3.63) is 106 Å². The van der Waals surface area contributed by atoms with E-state index in [1.807, 2.05) is 61.7 Å². The van der Waals surface area contributed by atoms with Gasteiger partial charge in [0.25, 0.3) is 11.6 Å². The Kier molecular flexibility index (Phi) is 4.95. The SMILES string of the molecule is Cc1ccc(/C(Nc2ccc(-c3c[nH]cn3)cc2)=C2/C(=O)Nc3ccc([N+](=O)[O-])cc32)cc1. The number of carbonyl (C=O) groups is 1. The largest absolute Gasteiger partial charge is 0.354 e. The minimum absolute atomic E-state index is 0.0747. The summed E-state index contributed by atoms with van der Waals surface area (Å²) in [5, 5.41) is 17.5. The predicted molar refractivity (Wildman–Crippen MR) is 127 cm³/mol. The highest BCUT2D eigenvalue weighted by molar-refractivity contribution is 6.37. The zero-order chi connectivity index (χ0) is 22.9. The zero-order valence-corrected chi connectivity index (χ0v) is 17.6. The maximum absolute atomic E-state index is 13.0. The van der Waals surface area contributed by atoms with Gasteiger partial charge in [-0.25, -0.2) is 4.98 Å². The van der Waals surface area contributed by atoms with Crippen LogP contribution in [-0.2, 0) is 4.79 Å². The van der Waals surface area contributed by atoms with Gasteiger partial charge in [0.1, 0.15) is 0 Å². The molecule has 4 aromatic rings. The molecule has 2 heterocycles. The molecule has 33 heavy (non-hydrogen) atoms. The van der Waals surface area contributed by atoms with Crippen LogP contribution in [0.4, 0.5) is 17.1 Å². The van der Waals surface area contributed by atoms with Gasteiger partial charge in [0.15, 0.2) is 0 Å². The van der Waals surface area contributed by atoms with E-state index in [4.69, 9.17) is 0 Å². The number of nitro groups is 1. The second-order valence-corrected chi connectivity index (χ2v) is 7.71. The average molecular weight is 437 g/mol. The molecule has 8 nitrogen and oxygen atoms in total. The van der Waals surface area contributed by atoms with Crippen molar-refractivity contribution < 1.29 is 9.72 Å². The first kappa shape index (κ1) is 20.2. The third-order valence-corrected chi connectivity index (χ3v) is 5.50. The van der Waals surface area contributed by atoms with Crippen LogP contribution in [0.1, 0.15) is 16.7 Å². The number of nitrogens with zero attached hydrogens (tertiary/aromatic N) is 2. The number of aromatic amines is 1. The molecule has 162 valence electrons. The molecule has 1 aliphatic heterocycles. The Hall–Kier alpha value is -4.72. The van der Waals surface area contributed by atoms with Gasteiger partial charge in [-0.2, -0.15) is 0 Å². The van der Waals surface area contributed by atoms with E-state index in [0.717, 1.165) is 28.1 Å². The quantitative estimate of drug-likeness (QED) is 0.225. The van der Waals surface area contributed by atoms with Crippen molar-refractivity contribution in [2.24, 2.45) is 0 Å². The zero-order valence-electron chi connectivity index (χ0n) is 17.6. The van der Waals surface area contributed by atoms with Crippen LogP contribution in [0.15, 0.2) is 79.3 Å². The lowest BCUT2D eigenvalue weighted by Crippen LogP contribution is -2.10. The summed E-state index contributed by atoms with van der Waals surface area (Å²) >= 11 is 0. The van der Waals surface area contributed by atoms with Gasteiger partial charge in [-0.15, -0.1) is 0 Å². The Bertz CT molecular complexity index is 1390. The van der Waals surface area contributed by atoms with E-state index < -0.39 is 4.92 Å². The summed E-state index contributed by atoms with van der Waals surface area (Å²) in [6.07, 6.45) is 3.44. The fourth-order valence-electron chi connectivity index (χ4n) is 3.80. The van der Waals surface area contributed by atoms with Crippen molar-refractivity contribution >= 4 is 34.2 Å². The topological polar surface area (TPSA) is 113 Å². The molecule has 0 saturated heterocycles. The van der Waals surface area contributed by atoms with Crippen LogP contribution in [0.5, 0.6) is 0 Å². The lowest BCUT2D eigenvalue weighted by atomic mass is 9.99. The fraction of sp³-hybridized carbons (Fsp3) is 0.0400. The minimum atomic E-state index is -0.465. The number of fused-ring (bicyclic) bond motifs is 1. The molecule has 3 N–H and O–H groups in total. The molecule has 0 spiro atoms. The summed E-state index contributed by atoms with van der Waals surface area (Å²) in [5.41, 5.74) is 6.30. The number of hydrogen-bond donors (Lipinski definition) is 3. The predicted octanol–water partition coefficient (Wildman–Crippen LogP) is 5.23. The standard InChI is InChI=1S/C25H19N5O3/c1-15-2-4-17(5-3-15)24(28-18-8-6-16(7-9-18)22-13-26-14-27-22)23-20-12-19(30(32)33)10-11-21(20)29-25(23)31/h2-14,28H,1H3,(H,26,27)(H,29,31)/b24-23-. The number of H-pyrrole nitrogens is 1. The van der Waals surface area contributed by atoms with Gasteiger partial charge in [-0.05, 0) is 30.7 Å². The van der Waals surface area contributed by atoms with Gasteiger partial charge in [-0.1, -0.05) is 42.0 Å². The molecule has 5 rings (SSSR count). The van der Waals surface area contributed by atoms with E-state index in [0.29, 0.717) is 22.5 Å². The number of rotatable bonds is 5. The van der Waals surface area contributed by atoms with E-state index in [1.165, 1.54) is 12.1 Å². The second-order valence-electron chi connectivity index (χ2n) is 7.71. The van der Waals surface area contributed by atoms with Crippen LogP contribution in [0.25, 0.3) is 22.5 Å². The van der Waals surface area contributed by atoms with Crippen LogP contribution in [0.3, 0.4) is 0 Å². The Balaban J connectivity index is 1.62. The number of imidazole rings is 1. The number of hydrogen-bond acceptors (Lipinski definition) is 5. The number of benzene rings is 3. The number of non-ortho nitro benzene ring substituents is 1. The van der Waals surface area contributed by atoms with Crippen molar-refractivity contribution in [3.63, 3.8) is 0 Å². The van der Waals surface area contributed by atoms with Crippen molar-refractivity contribution in [1.82, 2.24) is 9.97 Å². The Labute approximate surface area is 189 Å². The molecule has 8 heteroatoms. The summed E-state index contributed by atoms with van der Waals surface area (Å²) in [5.74, 6) is -0.318. The smallest absolute Gasteiger partial charge is 0.270 e. The normalized spacial score (nSPS) is 13.9. The average Bonchev–Trinajstić information content (AvgIpc) is 3.46. The monoisotopic (exact) mass is 437 g/mol. The number of carbonyl (C=O) groups excluding carboxylic acids is 1. The number of nitro benzene ring substituents is 1. The van der Waals surface area contributed by atoms with E-state index in [9.17, 15) is 14.9 Å². The Morgan fingerprint density at radius 1 is 1.03 bits per heavy atom. The first-order valence-electron chi connectivity index (χ1n) is 10.3. The Morgan fingerprint density at radius 3 is 2.45 bits per heavy atom. The molecule has 0 atom stereocenters.